The molecule has 0 bridgehead atoms. The highest BCUT2D eigenvalue weighted by atomic mass is 35.5. The van der Waals surface area contributed by atoms with Crippen molar-refractivity contribution < 1.29 is 4.39 Å². The lowest BCUT2D eigenvalue weighted by molar-refractivity contribution is 0.627. The summed E-state index contributed by atoms with van der Waals surface area (Å²) in [4.78, 5) is 4.81. The summed E-state index contributed by atoms with van der Waals surface area (Å²) in [5.41, 5.74) is 5.21. The highest BCUT2D eigenvalue weighted by Crippen LogP contribution is 2.37. The van der Waals surface area contributed by atoms with Crippen LogP contribution in [0.2, 0.25) is 5.02 Å². The Morgan fingerprint density at radius 2 is 1.96 bits per heavy atom. The lowest BCUT2D eigenvalue weighted by Gasteiger charge is -2.17. The third-order valence-electron chi connectivity index (χ3n) is 4.07. The Balaban J connectivity index is 1.95. The molecule has 0 amide bonds. The first-order valence-electron chi connectivity index (χ1n) is 7.56. The van der Waals surface area contributed by atoms with Crippen molar-refractivity contribution >= 4 is 34.4 Å². The van der Waals surface area contributed by atoms with Crippen LogP contribution in [0.15, 0.2) is 53.0 Å². The zero-order valence-corrected chi connectivity index (χ0v) is 13.1. The summed E-state index contributed by atoms with van der Waals surface area (Å²) in [5.74, 6) is -0.267. The molecule has 0 fully saturated rings. The Kier molecular flexibility index (Phi) is 3.63. The second-order valence-electron chi connectivity index (χ2n) is 5.62. The minimum Gasteiger partial charge on any atom is -0.353 e. The molecule has 0 radical (unpaired) electrons. The van der Waals surface area contributed by atoms with Crippen LogP contribution in [0.3, 0.4) is 0 Å². The molecule has 2 aromatic rings. The van der Waals surface area contributed by atoms with Crippen LogP contribution >= 0.6 is 11.6 Å². The minimum absolute atomic E-state index is 0.267. The molecular weight excluding hydrogens is 313 g/mol. The van der Waals surface area contributed by atoms with Gasteiger partial charge in [-0.2, -0.15) is 0 Å². The number of nitrogens with zero attached hydrogens (tertiary/aromatic N) is 1. The summed E-state index contributed by atoms with van der Waals surface area (Å²) >= 11 is 6.12. The Hall–Kier alpha value is -2.17. The van der Waals surface area contributed by atoms with E-state index in [1.54, 1.807) is 6.07 Å². The van der Waals surface area contributed by atoms with Gasteiger partial charge >= 0.3 is 0 Å². The fraction of sp³-hybridized carbons (Fsp3) is 0.167. The third-order valence-corrected chi connectivity index (χ3v) is 4.30. The molecule has 0 spiro atoms. The van der Waals surface area contributed by atoms with Gasteiger partial charge in [0.2, 0.25) is 0 Å². The number of hydrogen-bond donors (Lipinski definition) is 2. The number of hydrogen-bond acceptors (Lipinski definition) is 3. The number of aliphatic imine (C=N–C) groups is 1. The van der Waals surface area contributed by atoms with Gasteiger partial charge in [-0.05, 0) is 54.9 Å². The van der Waals surface area contributed by atoms with E-state index in [1.165, 1.54) is 12.1 Å². The fourth-order valence-corrected chi connectivity index (χ4v) is 3.10. The van der Waals surface area contributed by atoms with E-state index in [2.05, 4.69) is 16.7 Å². The topological polar surface area (TPSA) is 36.4 Å². The molecule has 0 aromatic heterocycles. The summed E-state index contributed by atoms with van der Waals surface area (Å²) in [5, 5.41) is 7.26. The largest absolute Gasteiger partial charge is 0.353 e. The highest BCUT2D eigenvalue weighted by molar-refractivity contribution is 6.31. The first kappa shape index (κ1) is 14.4. The zero-order chi connectivity index (χ0) is 15.8. The zero-order valence-electron chi connectivity index (χ0n) is 12.4. The molecule has 2 aromatic carbocycles. The van der Waals surface area contributed by atoms with Gasteiger partial charge in [-0.25, -0.2) is 9.38 Å². The maximum Gasteiger partial charge on any atom is 0.124 e. The maximum atomic E-state index is 13.8. The van der Waals surface area contributed by atoms with E-state index in [0.29, 0.717) is 5.02 Å². The standard InChI is InChI=1S/C18H15ClFN3/c19-12-1-3-16-17(9-12)23-18(11-5-7-21-8-6-11)14-10-13(20)2-4-15(14)22-16/h1-5,9-10,21-22H,6-8H2. The lowest BCUT2D eigenvalue weighted by atomic mass is 9.96. The van der Waals surface area contributed by atoms with E-state index in [9.17, 15) is 4.39 Å². The van der Waals surface area contributed by atoms with Crippen molar-refractivity contribution in [3.63, 3.8) is 0 Å². The number of anilines is 2. The lowest BCUT2D eigenvalue weighted by Crippen LogP contribution is -2.24. The molecule has 3 nitrogen and oxygen atoms in total. The van der Waals surface area contributed by atoms with Crippen LogP contribution in [-0.2, 0) is 0 Å². The van der Waals surface area contributed by atoms with Crippen molar-refractivity contribution in [3.05, 3.63) is 64.5 Å². The smallest absolute Gasteiger partial charge is 0.124 e. The molecule has 0 saturated heterocycles. The van der Waals surface area contributed by atoms with Gasteiger partial charge < -0.3 is 10.6 Å². The summed E-state index contributed by atoms with van der Waals surface area (Å²) in [6.45, 7) is 1.69. The minimum atomic E-state index is -0.267. The van der Waals surface area contributed by atoms with Gasteiger partial charge in [0.15, 0.2) is 0 Å². The van der Waals surface area contributed by atoms with Gasteiger partial charge in [-0.1, -0.05) is 17.7 Å². The first-order chi connectivity index (χ1) is 11.2. The van der Waals surface area contributed by atoms with Crippen LogP contribution in [0.5, 0.6) is 0 Å². The van der Waals surface area contributed by atoms with Gasteiger partial charge in [0.05, 0.1) is 17.1 Å². The van der Waals surface area contributed by atoms with E-state index in [-0.39, 0.29) is 5.82 Å². The predicted octanol–water partition coefficient (Wildman–Crippen LogP) is 4.58. The van der Waals surface area contributed by atoms with Gasteiger partial charge in [-0.3, -0.25) is 0 Å². The van der Waals surface area contributed by atoms with Crippen molar-refractivity contribution in [2.45, 2.75) is 6.42 Å². The molecule has 2 heterocycles. The molecule has 0 unspecified atom stereocenters. The van der Waals surface area contributed by atoms with E-state index in [1.807, 2.05) is 18.2 Å². The molecule has 5 heteroatoms. The van der Waals surface area contributed by atoms with Crippen LogP contribution in [0.25, 0.3) is 0 Å². The molecule has 4 rings (SSSR count). The molecule has 0 saturated carbocycles. The number of halogens is 2. The van der Waals surface area contributed by atoms with E-state index in [4.69, 9.17) is 16.6 Å². The summed E-state index contributed by atoms with van der Waals surface area (Å²) in [6, 6.07) is 10.3. The summed E-state index contributed by atoms with van der Waals surface area (Å²) in [7, 11) is 0. The predicted molar refractivity (Wildman–Crippen MR) is 92.9 cm³/mol. The summed E-state index contributed by atoms with van der Waals surface area (Å²) < 4.78 is 13.8. The average Bonchev–Trinajstić information content (AvgIpc) is 2.72. The van der Waals surface area contributed by atoms with Crippen molar-refractivity contribution in [1.82, 2.24) is 5.32 Å². The van der Waals surface area contributed by atoms with Crippen LogP contribution in [-0.4, -0.2) is 18.8 Å². The molecule has 0 atom stereocenters. The number of nitrogens with one attached hydrogen (secondary N) is 2. The van der Waals surface area contributed by atoms with Crippen molar-refractivity contribution in [2.24, 2.45) is 4.99 Å². The molecule has 116 valence electrons. The van der Waals surface area contributed by atoms with Gasteiger partial charge in [0, 0.05) is 22.8 Å². The molecule has 2 aliphatic heterocycles. The maximum absolute atomic E-state index is 13.8. The Labute approximate surface area is 138 Å². The Bertz CT molecular complexity index is 842. The molecule has 2 N–H and O–H groups in total. The second-order valence-corrected chi connectivity index (χ2v) is 6.06. The molecule has 0 aliphatic carbocycles. The SMILES string of the molecule is Fc1ccc2c(c1)C(C1=CCNCC1)=Nc1cc(Cl)ccc1N2. The van der Waals surface area contributed by atoms with Gasteiger partial charge in [0.25, 0.3) is 0 Å². The second kappa shape index (κ2) is 5.80. The van der Waals surface area contributed by atoms with Crippen LogP contribution in [0.1, 0.15) is 12.0 Å². The van der Waals surface area contributed by atoms with Crippen molar-refractivity contribution in [2.75, 3.05) is 18.4 Å². The number of rotatable bonds is 1. The van der Waals surface area contributed by atoms with Crippen LogP contribution in [0.4, 0.5) is 21.5 Å². The molecular formula is C18H15ClFN3. The van der Waals surface area contributed by atoms with Crippen molar-refractivity contribution in [1.29, 1.82) is 0 Å². The van der Waals surface area contributed by atoms with E-state index < -0.39 is 0 Å². The average molecular weight is 328 g/mol. The highest BCUT2D eigenvalue weighted by Gasteiger charge is 2.21. The monoisotopic (exact) mass is 327 g/mol. The normalized spacial score (nSPS) is 16.4. The molecule has 2 aliphatic rings. The van der Waals surface area contributed by atoms with Gasteiger partial charge in [0.1, 0.15) is 5.82 Å². The number of benzene rings is 2. The van der Waals surface area contributed by atoms with E-state index in [0.717, 1.165) is 53.4 Å². The first-order valence-corrected chi connectivity index (χ1v) is 7.94. The summed E-state index contributed by atoms with van der Waals surface area (Å²) in [6.07, 6.45) is 2.98. The molecule has 23 heavy (non-hydrogen) atoms. The number of fused-ring (bicyclic) bond motifs is 2. The Morgan fingerprint density at radius 3 is 2.78 bits per heavy atom. The quantitative estimate of drug-likeness (QED) is 0.804. The van der Waals surface area contributed by atoms with Crippen LogP contribution in [0, 0.1) is 5.82 Å². The Morgan fingerprint density at radius 1 is 1.09 bits per heavy atom. The van der Waals surface area contributed by atoms with E-state index >= 15 is 0 Å². The van der Waals surface area contributed by atoms with Gasteiger partial charge in [-0.15, -0.1) is 0 Å². The third kappa shape index (κ3) is 2.76. The van der Waals surface area contributed by atoms with Crippen molar-refractivity contribution in [3.8, 4) is 0 Å². The fourth-order valence-electron chi connectivity index (χ4n) is 2.93. The van der Waals surface area contributed by atoms with Crippen LogP contribution < -0.4 is 10.6 Å².